The van der Waals surface area contributed by atoms with Gasteiger partial charge in [-0.3, -0.25) is 4.79 Å². The van der Waals surface area contributed by atoms with Gasteiger partial charge in [0.25, 0.3) is 0 Å². The molecule has 1 N–H and O–H groups in total. The van der Waals surface area contributed by atoms with Crippen LogP contribution >= 0.6 is 11.6 Å². The number of nitrogens with one attached hydrogen (secondary N) is 1. The Morgan fingerprint density at radius 2 is 1.84 bits per heavy atom. The van der Waals surface area contributed by atoms with Gasteiger partial charge in [-0.1, -0.05) is 17.7 Å². The lowest BCUT2D eigenvalue weighted by Gasteiger charge is -2.36. The zero-order valence-corrected chi connectivity index (χ0v) is 14.5. The zero-order valence-electron chi connectivity index (χ0n) is 13.8. The van der Waals surface area contributed by atoms with Crippen molar-refractivity contribution in [2.45, 2.75) is 0 Å². The van der Waals surface area contributed by atoms with E-state index in [4.69, 9.17) is 16.9 Å². The number of nitriles is 1. The number of amides is 1. The maximum absolute atomic E-state index is 12.4. The minimum atomic E-state index is 0.0788. The number of carbonyl (C=O) groups is 1. The number of benzene rings is 2. The second kappa shape index (κ2) is 7.91. The number of anilines is 2. The first-order valence-corrected chi connectivity index (χ1v) is 8.56. The number of halogens is 1. The molecule has 1 aliphatic heterocycles. The molecule has 0 aliphatic carbocycles. The van der Waals surface area contributed by atoms with Gasteiger partial charge in [-0.2, -0.15) is 5.26 Å². The van der Waals surface area contributed by atoms with E-state index < -0.39 is 0 Å². The molecule has 0 aromatic heterocycles. The van der Waals surface area contributed by atoms with Crippen LogP contribution in [0.15, 0.2) is 48.5 Å². The fraction of sp³-hybridized carbons (Fsp3) is 0.263. The summed E-state index contributed by atoms with van der Waals surface area (Å²) in [5, 5.41) is 12.6. The van der Waals surface area contributed by atoms with Crippen molar-refractivity contribution in [2.75, 3.05) is 42.9 Å². The number of piperazine rings is 1. The van der Waals surface area contributed by atoms with E-state index in [1.165, 1.54) is 0 Å². The molecule has 0 spiro atoms. The highest BCUT2D eigenvalue weighted by Crippen LogP contribution is 2.20. The third kappa shape index (κ3) is 4.43. The molecule has 5 nitrogen and oxygen atoms in total. The van der Waals surface area contributed by atoms with E-state index in [-0.39, 0.29) is 12.5 Å². The molecule has 1 fully saturated rings. The lowest BCUT2D eigenvalue weighted by molar-refractivity contribution is -0.129. The second-order valence-corrected chi connectivity index (χ2v) is 6.33. The molecule has 3 rings (SSSR count). The van der Waals surface area contributed by atoms with E-state index in [0.29, 0.717) is 18.7 Å². The summed E-state index contributed by atoms with van der Waals surface area (Å²) < 4.78 is 0. The van der Waals surface area contributed by atoms with E-state index in [1.807, 2.05) is 41.3 Å². The molecule has 1 heterocycles. The lowest BCUT2D eigenvalue weighted by Crippen LogP contribution is -2.50. The van der Waals surface area contributed by atoms with Crippen LogP contribution in [0.2, 0.25) is 5.02 Å². The highest BCUT2D eigenvalue weighted by atomic mass is 35.5. The van der Waals surface area contributed by atoms with Crippen LogP contribution in [0.25, 0.3) is 0 Å². The smallest absolute Gasteiger partial charge is 0.241 e. The molecule has 6 heteroatoms. The first-order valence-electron chi connectivity index (χ1n) is 8.18. The van der Waals surface area contributed by atoms with Crippen LogP contribution in [-0.2, 0) is 4.79 Å². The first kappa shape index (κ1) is 17.1. The van der Waals surface area contributed by atoms with Crippen LogP contribution in [0.3, 0.4) is 0 Å². The van der Waals surface area contributed by atoms with Crippen LogP contribution in [0.4, 0.5) is 11.4 Å². The summed E-state index contributed by atoms with van der Waals surface area (Å²) in [5.74, 6) is 0.0788. The van der Waals surface area contributed by atoms with Crippen LogP contribution in [0, 0.1) is 11.3 Å². The number of rotatable bonds is 4. The molecular formula is C19H19ClN4O. The third-order valence-electron chi connectivity index (χ3n) is 4.26. The SMILES string of the molecule is N#Cc1ccc(NCC(=O)N2CCN(c3cccc(Cl)c3)CC2)cc1. The summed E-state index contributed by atoms with van der Waals surface area (Å²) in [6.07, 6.45) is 0. The zero-order chi connectivity index (χ0) is 17.6. The number of nitrogens with zero attached hydrogens (tertiary/aromatic N) is 3. The summed E-state index contributed by atoms with van der Waals surface area (Å²) >= 11 is 6.04. The van der Waals surface area contributed by atoms with Gasteiger partial charge in [-0.25, -0.2) is 0 Å². The molecule has 25 heavy (non-hydrogen) atoms. The van der Waals surface area contributed by atoms with Gasteiger partial charge in [0.1, 0.15) is 0 Å². The van der Waals surface area contributed by atoms with Gasteiger partial charge < -0.3 is 15.1 Å². The summed E-state index contributed by atoms with van der Waals surface area (Å²) in [5.41, 5.74) is 2.54. The predicted molar refractivity (Wildman–Crippen MR) is 99.9 cm³/mol. The largest absolute Gasteiger partial charge is 0.376 e. The molecule has 128 valence electrons. The van der Waals surface area contributed by atoms with E-state index in [2.05, 4.69) is 16.3 Å². The number of hydrogen-bond donors (Lipinski definition) is 1. The van der Waals surface area contributed by atoms with Crippen molar-refractivity contribution in [2.24, 2.45) is 0 Å². The maximum Gasteiger partial charge on any atom is 0.241 e. The quantitative estimate of drug-likeness (QED) is 0.917. The fourth-order valence-corrected chi connectivity index (χ4v) is 3.02. The molecule has 1 amide bonds. The number of hydrogen-bond acceptors (Lipinski definition) is 4. The molecule has 0 saturated carbocycles. The van der Waals surface area contributed by atoms with Crippen molar-refractivity contribution < 1.29 is 4.79 Å². The van der Waals surface area contributed by atoms with E-state index in [9.17, 15) is 4.79 Å². The topological polar surface area (TPSA) is 59.4 Å². The van der Waals surface area contributed by atoms with E-state index in [1.54, 1.807) is 12.1 Å². The Balaban J connectivity index is 1.49. The summed E-state index contributed by atoms with van der Waals surface area (Å²) in [6.45, 7) is 3.23. The van der Waals surface area contributed by atoms with Crippen molar-refractivity contribution in [3.63, 3.8) is 0 Å². The predicted octanol–water partition coefficient (Wildman–Crippen LogP) is 2.97. The van der Waals surface area contributed by atoms with E-state index in [0.717, 1.165) is 29.5 Å². The van der Waals surface area contributed by atoms with Crippen molar-refractivity contribution in [3.05, 3.63) is 59.1 Å². The van der Waals surface area contributed by atoms with Crippen LogP contribution in [0.5, 0.6) is 0 Å². The Kier molecular flexibility index (Phi) is 5.42. The van der Waals surface area contributed by atoms with Crippen LogP contribution in [0.1, 0.15) is 5.56 Å². The normalized spacial score (nSPS) is 14.1. The van der Waals surface area contributed by atoms with Gasteiger partial charge in [0.2, 0.25) is 5.91 Å². The Morgan fingerprint density at radius 3 is 2.48 bits per heavy atom. The minimum absolute atomic E-state index is 0.0788. The van der Waals surface area contributed by atoms with Crippen LogP contribution < -0.4 is 10.2 Å². The Labute approximate surface area is 152 Å². The van der Waals surface area contributed by atoms with Crippen molar-refractivity contribution in [1.82, 2.24) is 4.90 Å². The molecule has 1 aliphatic rings. The molecule has 0 unspecified atom stereocenters. The standard InChI is InChI=1S/C19H19ClN4O/c20-16-2-1-3-18(12-16)23-8-10-24(11-9-23)19(25)14-22-17-6-4-15(13-21)5-7-17/h1-7,12,22H,8-11,14H2. The second-order valence-electron chi connectivity index (χ2n) is 5.89. The Morgan fingerprint density at radius 1 is 1.12 bits per heavy atom. The summed E-state index contributed by atoms with van der Waals surface area (Å²) in [7, 11) is 0. The Hall–Kier alpha value is -2.71. The molecule has 2 aromatic carbocycles. The molecule has 0 radical (unpaired) electrons. The van der Waals surface area contributed by atoms with Crippen molar-refractivity contribution >= 4 is 28.9 Å². The summed E-state index contributed by atoms with van der Waals surface area (Å²) in [6, 6.07) is 16.9. The van der Waals surface area contributed by atoms with Gasteiger partial charge in [-0.15, -0.1) is 0 Å². The first-order chi connectivity index (χ1) is 12.2. The van der Waals surface area contributed by atoms with E-state index >= 15 is 0 Å². The third-order valence-corrected chi connectivity index (χ3v) is 4.50. The highest BCUT2D eigenvalue weighted by Gasteiger charge is 2.21. The van der Waals surface area contributed by atoms with Crippen LogP contribution in [-0.4, -0.2) is 43.5 Å². The molecule has 1 saturated heterocycles. The number of carbonyl (C=O) groups excluding carboxylic acids is 1. The van der Waals surface area contributed by atoms with Crippen molar-refractivity contribution in [1.29, 1.82) is 5.26 Å². The maximum atomic E-state index is 12.4. The van der Waals surface area contributed by atoms with Crippen molar-refractivity contribution in [3.8, 4) is 6.07 Å². The van der Waals surface area contributed by atoms with Gasteiger partial charge >= 0.3 is 0 Å². The summed E-state index contributed by atoms with van der Waals surface area (Å²) in [4.78, 5) is 16.5. The fourth-order valence-electron chi connectivity index (χ4n) is 2.84. The lowest BCUT2D eigenvalue weighted by atomic mass is 10.2. The highest BCUT2D eigenvalue weighted by molar-refractivity contribution is 6.30. The van der Waals surface area contributed by atoms with Gasteiger partial charge in [0.05, 0.1) is 18.2 Å². The molecule has 0 atom stereocenters. The van der Waals surface area contributed by atoms with Gasteiger partial charge in [0.15, 0.2) is 0 Å². The minimum Gasteiger partial charge on any atom is -0.376 e. The monoisotopic (exact) mass is 354 g/mol. The molecular weight excluding hydrogens is 336 g/mol. The molecule has 2 aromatic rings. The van der Waals surface area contributed by atoms with Gasteiger partial charge in [0, 0.05) is 42.6 Å². The average molecular weight is 355 g/mol. The average Bonchev–Trinajstić information content (AvgIpc) is 2.66. The molecule has 0 bridgehead atoms. The van der Waals surface area contributed by atoms with Gasteiger partial charge in [-0.05, 0) is 42.5 Å². The Bertz CT molecular complexity index is 777.